The molecule has 6 heteroatoms. The first kappa shape index (κ1) is 15.3. The zero-order valence-corrected chi connectivity index (χ0v) is 12.1. The van der Waals surface area contributed by atoms with Crippen LogP contribution < -0.4 is 5.32 Å². The monoisotopic (exact) mass is 284 g/mol. The molecule has 0 aromatic rings. The van der Waals surface area contributed by atoms with Crippen molar-refractivity contribution >= 4 is 11.9 Å². The molecule has 0 aromatic carbocycles. The number of likely N-dealkylation sites (tertiary alicyclic amines) is 1. The van der Waals surface area contributed by atoms with Gasteiger partial charge < -0.3 is 14.8 Å². The molecule has 0 radical (unpaired) electrons. The lowest BCUT2D eigenvalue weighted by atomic mass is 10.0. The van der Waals surface area contributed by atoms with Crippen LogP contribution in [0.1, 0.15) is 32.1 Å². The SMILES string of the molecule is COC(=O)[C@H]1CCCCN1CC(=O)NC1CCOCC1. The minimum atomic E-state index is -0.269. The van der Waals surface area contributed by atoms with Crippen molar-refractivity contribution in [3.63, 3.8) is 0 Å². The molecule has 1 amide bonds. The van der Waals surface area contributed by atoms with Gasteiger partial charge in [-0.15, -0.1) is 0 Å². The molecule has 2 aliphatic heterocycles. The third-order valence-corrected chi connectivity index (χ3v) is 4.02. The van der Waals surface area contributed by atoms with Crippen LogP contribution in [0, 0.1) is 0 Å². The normalized spacial score (nSPS) is 25.1. The number of piperidine rings is 1. The lowest BCUT2D eigenvalue weighted by Gasteiger charge is -2.33. The average Bonchev–Trinajstić information content (AvgIpc) is 2.48. The van der Waals surface area contributed by atoms with Gasteiger partial charge in [-0.25, -0.2) is 0 Å². The highest BCUT2D eigenvalue weighted by molar-refractivity contribution is 5.80. The molecular weight excluding hydrogens is 260 g/mol. The van der Waals surface area contributed by atoms with Crippen LogP contribution >= 0.6 is 0 Å². The van der Waals surface area contributed by atoms with E-state index in [1.807, 2.05) is 4.90 Å². The predicted octanol–water partition coefficient (Wildman–Crippen LogP) is 0.309. The smallest absolute Gasteiger partial charge is 0.323 e. The molecule has 2 heterocycles. The van der Waals surface area contributed by atoms with Gasteiger partial charge in [0.1, 0.15) is 6.04 Å². The van der Waals surface area contributed by atoms with E-state index in [4.69, 9.17) is 9.47 Å². The van der Waals surface area contributed by atoms with Crippen molar-refractivity contribution in [1.82, 2.24) is 10.2 Å². The zero-order chi connectivity index (χ0) is 14.4. The molecule has 2 rings (SSSR count). The number of hydrogen-bond acceptors (Lipinski definition) is 5. The molecule has 114 valence electrons. The minimum Gasteiger partial charge on any atom is -0.468 e. The molecule has 0 saturated carbocycles. The molecule has 0 bridgehead atoms. The zero-order valence-electron chi connectivity index (χ0n) is 12.1. The van der Waals surface area contributed by atoms with E-state index < -0.39 is 0 Å². The van der Waals surface area contributed by atoms with Crippen molar-refractivity contribution in [1.29, 1.82) is 0 Å². The Morgan fingerprint density at radius 2 is 2.00 bits per heavy atom. The van der Waals surface area contributed by atoms with Gasteiger partial charge in [-0.3, -0.25) is 14.5 Å². The number of rotatable bonds is 4. The van der Waals surface area contributed by atoms with Crippen molar-refractivity contribution < 1.29 is 19.1 Å². The van der Waals surface area contributed by atoms with E-state index in [-0.39, 0.29) is 30.5 Å². The van der Waals surface area contributed by atoms with E-state index in [0.717, 1.165) is 38.6 Å². The van der Waals surface area contributed by atoms with Crippen LogP contribution in [0.15, 0.2) is 0 Å². The number of carbonyl (C=O) groups excluding carboxylic acids is 2. The summed E-state index contributed by atoms with van der Waals surface area (Å²) in [6.45, 7) is 2.47. The van der Waals surface area contributed by atoms with Crippen LogP contribution in [-0.2, 0) is 19.1 Å². The second kappa shape index (κ2) is 7.59. The Morgan fingerprint density at radius 3 is 2.70 bits per heavy atom. The van der Waals surface area contributed by atoms with Crippen LogP contribution in [0.4, 0.5) is 0 Å². The van der Waals surface area contributed by atoms with Crippen LogP contribution in [0.3, 0.4) is 0 Å². The standard InChI is InChI=1S/C14H24N2O4/c1-19-14(18)12-4-2-3-7-16(12)10-13(17)15-11-5-8-20-9-6-11/h11-12H,2-10H2,1H3,(H,15,17)/t12-/m1/s1. The van der Waals surface area contributed by atoms with Gasteiger partial charge in [-0.1, -0.05) is 6.42 Å². The van der Waals surface area contributed by atoms with Gasteiger partial charge in [0.05, 0.1) is 13.7 Å². The van der Waals surface area contributed by atoms with Crippen LogP contribution in [0.5, 0.6) is 0 Å². The molecule has 1 atom stereocenters. The molecule has 0 aromatic heterocycles. The predicted molar refractivity (Wildman–Crippen MR) is 73.2 cm³/mol. The van der Waals surface area contributed by atoms with Gasteiger partial charge in [0.2, 0.25) is 5.91 Å². The van der Waals surface area contributed by atoms with Crippen LogP contribution in [-0.4, -0.2) is 62.3 Å². The number of hydrogen-bond donors (Lipinski definition) is 1. The largest absolute Gasteiger partial charge is 0.468 e. The molecule has 6 nitrogen and oxygen atoms in total. The van der Waals surface area contributed by atoms with Crippen molar-refractivity contribution in [3.8, 4) is 0 Å². The van der Waals surface area contributed by atoms with E-state index in [0.29, 0.717) is 13.2 Å². The van der Waals surface area contributed by atoms with Crippen molar-refractivity contribution in [2.24, 2.45) is 0 Å². The van der Waals surface area contributed by atoms with Gasteiger partial charge in [-0.2, -0.15) is 0 Å². The fourth-order valence-corrected chi connectivity index (χ4v) is 2.88. The lowest BCUT2D eigenvalue weighted by molar-refractivity contribution is -0.148. The summed E-state index contributed by atoms with van der Waals surface area (Å²) in [7, 11) is 1.40. The molecule has 0 spiro atoms. The van der Waals surface area contributed by atoms with Crippen molar-refractivity contribution in [2.75, 3.05) is 33.4 Å². The van der Waals surface area contributed by atoms with Crippen molar-refractivity contribution in [2.45, 2.75) is 44.2 Å². The first-order valence-corrected chi connectivity index (χ1v) is 7.39. The summed E-state index contributed by atoms with van der Waals surface area (Å²) in [4.78, 5) is 25.8. The van der Waals surface area contributed by atoms with Crippen LogP contribution in [0.2, 0.25) is 0 Å². The van der Waals surface area contributed by atoms with Gasteiger partial charge in [-0.05, 0) is 32.2 Å². The quantitative estimate of drug-likeness (QED) is 0.753. The summed E-state index contributed by atoms with van der Waals surface area (Å²) < 4.78 is 10.1. The molecule has 0 unspecified atom stereocenters. The average molecular weight is 284 g/mol. The summed E-state index contributed by atoms with van der Waals surface area (Å²) in [5.41, 5.74) is 0. The third-order valence-electron chi connectivity index (χ3n) is 4.02. The summed E-state index contributed by atoms with van der Waals surface area (Å²) in [5.74, 6) is -0.240. The summed E-state index contributed by atoms with van der Waals surface area (Å²) in [6, 6.07) is -0.0631. The highest BCUT2D eigenvalue weighted by Gasteiger charge is 2.31. The summed E-state index contributed by atoms with van der Waals surface area (Å²) in [6.07, 6.45) is 4.55. The highest BCUT2D eigenvalue weighted by atomic mass is 16.5. The maximum atomic E-state index is 12.1. The number of amides is 1. The topological polar surface area (TPSA) is 67.9 Å². The molecule has 0 aliphatic carbocycles. The molecule has 1 N–H and O–H groups in total. The second-order valence-corrected chi connectivity index (χ2v) is 5.46. The maximum absolute atomic E-state index is 12.1. The number of carbonyl (C=O) groups is 2. The fourth-order valence-electron chi connectivity index (χ4n) is 2.88. The van der Waals surface area contributed by atoms with E-state index in [9.17, 15) is 9.59 Å². The number of methoxy groups -OCH3 is 1. The Kier molecular flexibility index (Phi) is 5.79. The number of nitrogens with one attached hydrogen (secondary N) is 1. The van der Waals surface area contributed by atoms with Gasteiger partial charge in [0, 0.05) is 19.3 Å². The Hall–Kier alpha value is -1.14. The van der Waals surface area contributed by atoms with E-state index in [1.165, 1.54) is 7.11 Å². The van der Waals surface area contributed by atoms with E-state index in [1.54, 1.807) is 0 Å². The lowest BCUT2D eigenvalue weighted by Crippen LogP contribution is -2.51. The van der Waals surface area contributed by atoms with Gasteiger partial charge in [0.25, 0.3) is 0 Å². The highest BCUT2D eigenvalue weighted by Crippen LogP contribution is 2.17. The van der Waals surface area contributed by atoms with E-state index in [2.05, 4.69) is 5.32 Å². The molecule has 20 heavy (non-hydrogen) atoms. The second-order valence-electron chi connectivity index (χ2n) is 5.46. The van der Waals surface area contributed by atoms with E-state index >= 15 is 0 Å². The van der Waals surface area contributed by atoms with Crippen LogP contribution in [0.25, 0.3) is 0 Å². The Labute approximate surface area is 119 Å². The first-order valence-electron chi connectivity index (χ1n) is 7.39. The van der Waals surface area contributed by atoms with Gasteiger partial charge in [0.15, 0.2) is 0 Å². The Balaban J connectivity index is 1.82. The van der Waals surface area contributed by atoms with Crippen molar-refractivity contribution in [3.05, 3.63) is 0 Å². The molecular formula is C14H24N2O4. The number of ether oxygens (including phenoxy) is 2. The van der Waals surface area contributed by atoms with Gasteiger partial charge >= 0.3 is 5.97 Å². The minimum absolute atomic E-state index is 0.00676. The molecule has 2 saturated heterocycles. The Morgan fingerprint density at radius 1 is 1.25 bits per heavy atom. The maximum Gasteiger partial charge on any atom is 0.323 e. The molecule has 2 fully saturated rings. The summed E-state index contributed by atoms with van der Waals surface area (Å²) >= 11 is 0. The fraction of sp³-hybridized carbons (Fsp3) is 0.857. The number of nitrogens with zero attached hydrogens (tertiary/aromatic N) is 1. The number of esters is 1. The Bertz CT molecular complexity index is 342. The third kappa shape index (κ3) is 4.18. The summed E-state index contributed by atoms with van der Waals surface area (Å²) in [5, 5.41) is 3.03. The molecule has 2 aliphatic rings. The first-order chi connectivity index (χ1) is 9.70.